The average molecular weight is 240 g/mol. The molecule has 1 saturated carbocycles. The van der Waals surface area contributed by atoms with Crippen molar-refractivity contribution in [3.05, 3.63) is 15.6 Å². The largest absolute Gasteiger partial charge is 0.372 e. The van der Waals surface area contributed by atoms with E-state index in [-0.39, 0.29) is 6.10 Å². The van der Waals surface area contributed by atoms with Crippen LogP contribution in [0.2, 0.25) is 0 Å². The highest BCUT2D eigenvalue weighted by Gasteiger charge is 2.30. The van der Waals surface area contributed by atoms with Gasteiger partial charge in [0.1, 0.15) is 11.1 Å². The maximum atomic E-state index is 5.60. The number of hydrogen-bond acceptors (Lipinski definition) is 4. The molecule has 1 N–H and O–H groups in total. The molecule has 0 spiro atoms. The van der Waals surface area contributed by atoms with Crippen molar-refractivity contribution in [2.24, 2.45) is 0 Å². The highest BCUT2D eigenvalue weighted by Crippen LogP contribution is 2.43. The first-order valence-corrected chi connectivity index (χ1v) is 6.83. The minimum absolute atomic E-state index is 0.137. The molecule has 1 aromatic rings. The Morgan fingerprint density at radius 3 is 2.88 bits per heavy atom. The van der Waals surface area contributed by atoms with E-state index in [1.807, 2.05) is 14.0 Å². The number of rotatable bonds is 6. The van der Waals surface area contributed by atoms with E-state index in [0.29, 0.717) is 0 Å². The SMILES string of the molecule is CCOC(C)c1nc(C2CC2)c(CNC)s1. The van der Waals surface area contributed by atoms with Crippen LogP contribution in [0.5, 0.6) is 0 Å². The summed E-state index contributed by atoms with van der Waals surface area (Å²) < 4.78 is 5.60. The monoisotopic (exact) mass is 240 g/mol. The van der Waals surface area contributed by atoms with Gasteiger partial charge in [-0.25, -0.2) is 4.98 Å². The molecule has 1 aliphatic carbocycles. The Labute approximate surface area is 101 Å². The second-order valence-electron chi connectivity index (χ2n) is 4.26. The molecule has 90 valence electrons. The van der Waals surface area contributed by atoms with E-state index in [9.17, 15) is 0 Å². The first-order valence-electron chi connectivity index (χ1n) is 6.02. The number of nitrogens with zero attached hydrogens (tertiary/aromatic N) is 1. The molecule has 0 radical (unpaired) electrons. The summed E-state index contributed by atoms with van der Waals surface area (Å²) in [6.45, 7) is 5.80. The third kappa shape index (κ3) is 2.62. The van der Waals surface area contributed by atoms with Gasteiger partial charge in [0, 0.05) is 23.9 Å². The van der Waals surface area contributed by atoms with Crippen LogP contribution in [0.25, 0.3) is 0 Å². The van der Waals surface area contributed by atoms with Crippen molar-refractivity contribution in [1.82, 2.24) is 10.3 Å². The molecule has 0 bridgehead atoms. The third-order valence-electron chi connectivity index (χ3n) is 2.81. The third-order valence-corrected chi connectivity index (χ3v) is 4.04. The van der Waals surface area contributed by atoms with Crippen molar-refractivity contribution >= 4 is 11.3 Å². The van der Waals surface area contributed by atoms with Crippen LogP contribution in [-0.4, -0.2) is 18.6 Å². The topological polar surface area (TPSA) is 34.1 Å². The van der Waals surface area contributed by atoms with Gasteiger partial charge in [0.15, 0.2) is 0 Å². The van der Waals surface area contributed by atoms with Crippen LogP contribution >= 0.6 is 11.3 Å². The van der Waals surface area contributed by atoms with Crippen LogP contribution < -0.4 is 5.32 Å². The zero-order chi connectivity index (χ0) is 11.5. The van der Waals surface area contributed by atoms with E-state index < -0.39 is 0 Å². The van der Waals surface area contributed by atoms with Gasteiger partial charge in [-0.05, 0) is 33.7 Å². The number of thiazole rings is 1. The Bertz CT molecular complexity index is 347. The average Bonchev–Trinajstić information content (AvgIpc) is 3.01. The fourth-order valence-electron chi connectivity index (χ4n) is 1.84. The first-order chi connectivity index (χ1) is 7.76. The van der Waals surface area contributed by atoms with Gasteiger partial charge in [0.2, 0.25) is 0 Å². The van der Waals surface area contributed by atoms with Crippen molar-refractivity contribution in [3.8, 4) is 0 Å². The molecule has 1 aromatic heterocycles. The lowest BCUT2D eigenvalue weighted by Gasteiger charge is -2.06. The molecule has 1 aliphatic rings. The summed E-state index contributed by atoms with van der Waals surface area (Å²) in [4.78, 5) is 6.16. The standard InChI is InChI=1S/C12H20N2OS/c1-4-15-8(2)12-14-11(9-5-6-9)10(16-12)7-13-3/h8-9,13H,4-7H2,1-3H3. The summed E-state index contributed by atoms with van der Waals surface area (Å²) in [6, 6.07) is 0. The summed E-state index contributed by atoms with van der Waals surface area (Å²) in [7, 11) is 1.99. The van der Waals surface area contributed by atoms with Crippen LogP contribution in [-0.2, 0) is 11.3 Å². The minimum Gasteiger partial charge on any atom is -0.372 e. The second kappa shape index (κ2) is 5.25. The van der Waals surface area contributed by atoms with Crippen molar-refractivity contribution in [2.45, 2.75) is 45.3 Å². The molecular weight excluding hydrogens is 220 g/mol. The Balaban J connectivity index is 2.16. The lowest BCUT2D eigenvalue weighted by atomic mass is 10.2. The van der Waals surface area contributed by atoms with Gasteiger partial charge in [-0.15, -0.1) is 11.3 Å². The first kappa shape index (κ1) is 12.0. The van der Waals surface area contributed by atoms with Crippen LogP contribution in [0, 0.1) is 0 Å². The maximum Gasteiger partial charge on any atom is 0.122 e. The molecule has 0 saturated heterocycles. The lowest BCUT2D eigenvalue weighted by Crippen LogP contribution is -2.05. The fourth-order valence-corrected chi connectivity index (χ4v) is 3.00. The van der Waals surface area contributed by atoms with Crippen molar-refractivity contribution < 1.29 is 4.74 Å². The Morgan fingerprint density at radius 1 is 1.56 bits per heavy atom. The van der Waals surface area contributed by atoms with Gasteiger partial charge < -0.3 is 10.1 Å². The zero-order valence-corrected chi connectivity index (χ0v) is 11.1. The Hall–Kier alpha value is -0.450. The van der Waals surface area contributed by atoms with Crippen LogP contribution in [0.4, 0.5) is 0 Å². The van der Waals surface area contributed by atoms with Gasteiger partial charge in [0.25, 0.3) is 0 Å². The predicted octanol–water partition coefficient (Wildman–Crippen LogP) is 2.84. The fraction of sp³-hybridized carbons (Fsp3) is 0.750. The van der Waals surface area contributed by atoms with E-state index in [0.717, 1.165) is 24.1 Å². The van der Waals surface area contributed by atoms with E-state index in [1.54, 1.807) is 11.3 Å². The van der Waals surface area contributed by atoms with Gasteiger partial charge in [0.05, 0.1) is 5.69 Å². The molecule has 0 amide bonds. The van der Waals surface area contributed by atoms with Gasteiger partial charge >= 0.3 is 0 Å². The summed E-state index contributed by atoms with van der Waals surface area (Å²) in [5.74, 6) is 0.724. The zero-order valence-electron chi connectivity index (χ0n) is 10.2. The molecule has 16 heavy (non-hydrogen) atoms. The quantitative estimate of drug-likeness (QED) is 0.830. The molecule has 3 nitrogen and oxygen atoms in total. The lowest BCUT2D eigenvalue weighted by molar-refractivity contribution is 0.0761. The molecule has 1 unspecified atom stereocenters. The number of aromatic nitrogens is 1. The van der Waals surface area contributed by atoms with E-state index >= 15 is 0 Å². The number of ether oxygens (including phenoxy) is 1. The molecule has 2 rings (SSSR count). The van der Waals surface area contributed by atoms with E-state index in [4.69, 9.17) is 9.72 Å². The van der Waals surface area contributed by atoms with E-state index in [2.05, 4.69) is 12.2 Å². The summed E-state index contributed by atoms with van der Waals surface area (Å²) >= 11 is 1.80. The molecule has 1 heterocycles. The molecule has 0 aliphatic heterocycles. The Kier molecular flexibility index (Phi) is 3.95. The van der Waals surface area contributed by atoms with Crippen molar-refractivity contribution in [2.75, 3.05) is 13.7 Å². The highest BCUT2D eigenvalue weighted by molar-refractivity contribution is 7.11. The van der Waals surface area contributed by atoms with Crippen molar-refractivity contribution in [1.29, 1.82) is 0 Å². The van der Waals surface area contributed by atoms with Gasteiger partial charge in [-0.3, -0.25) is 0 Å². The minimum atomic E-state index is 0.137. The molecular formula is C12H20N2OS. The molecule has 0 aromatic carbocycles. The molecule has 4 heteroatoms. The molecule has 1 atom stereocenters. The summed E-state index contributed by atoms with van der Waals surface area (Å²) in [5.41, 5.74) is 1.32. The van der Waals surface area contributed by atoms with Crippen molar-refractivity contribution in [3.63, 3.8) is 0 Å². The van der Waals surface area contributed by atoms with Crippen LogP contribution in [0.15, 0.2) is 0 Å². The predicted molar refractivity (Wildman–Crippen MR) is 66.9 cm³/mol. The highest BCUT2D eigenvalue weighted by atomic mass is 32.1. The second-order valence-corrected chi connectivity index (χ2v) is 5.38. The van der Waals surface area contributed by atoms with E-state index in [1.165, 1.54) is 23.4 Å². The summed E-state index contributed by atoms with van der Waals surface area (Å²) in [5, 5.41) is 4.35. The van der Waals surface area contributed by atoms with Gasteiger partial charge in [-0.2, -0.15) is 0 Å². The normalized spacial score (nSPS) is 17.7. The maximum absolute atomic E-state index is 5.60. The Morgan fingerprint density at radius 2 is 2.31 bits per heavy atom. The summed E-state index contributed by atoms with van der Waals surface area (Å²) in [6.07, 6.45) is 2.75. The number of nitrogens with one attached hydrogen (secondary N) is 1. The number of hydrogen-bond donors (Lipinski definition) is 1. The smallest absolute Gasteiger partial charge is 0.122 e. The van der Waals surface area contributed by atoms with Crippen LogP contribution in [0.1, 0.15) is 54.3 Å². The molecule has 1 fully saturated rings. The van der Waals surface area contributed by atoms with Gasteiger partial charge in [-0.1, -0.05) is 0 Å². The van der Waals surface area contributed by atoms with Crippen LogP contribution in [0.3, 0.4) is 0 Å².